The maximum absolute atomic E-state index is 12.0. The van der Waals surface area contributed by atoms with E-state index < -0.39 is 5.60 Å². The van der Waals surface area contributed by atoms with E-state index in [-0.39, 0.29) is 6.09 Å². The number of para-hydroxylation sites is 1. The Balaban J connectivity index is 1.67. The van der Waals surface area contributed by atoms with Gasteiger partial charge in [-0.15, -0.1) is 0 Å². The van der Waals surface area contributed by atoms with Crippen LogP contribution in [-0.4, -0.2) is 40.9 Å². The largest absolute Gasteiger partial charge is 0.444 e. The second-order valence-corrected chi connectivity index (χ2v) is 7.06. The Kier molecular flexibility index (Phi) is 4.18. The van der Waals surface area contributed by atoms with Crippen molar-refractivity contribution >= 4 is 22.7 Å². The monoisotopic (exact) mass is 325 g/mol. The molecule has 0 radical (unpaired) electrons. The number of allylic oxidation sites excluding steroid dienone is 1. The number of nitrogens with zero attached hydrogens (tertiary/aromatic N) is 2. The Morgan fingerprint density at radius 2 is 2.08 bits per heavy atom. The molecule has 126 valence electrons. The Hall–Kier alpha value is -2.56. The fourth-order valence-corrected chi connectivity index (χ4v) is 2.63. The van der Waals surface area contributed by atoms with Crippen LogP contribution in [0, 0.1) is 0 Å². The number of nitrogens with one attached hydrogen (secondary N) is 1. The summed E-state index contributed by atoms with van der Waals surface area (Å²) in [5.74, 6) is 0. The van der Waals surface area contributed by atoms with Crippen molar-refractivity contribution in [3.05, 3.63) is 47.8 Å². The third-order valence-electron chi connectivity index (χ3n) is 3.75. The predicted molar refractivity (Wildman–Crippen MR) is 96.4 cm³/mol. The summed E-state index contributed by atoms with van der Waals surface area (Å²) in [7, 11) is 1.73. The quantitative estimate of drug-likeness (QED) is 0.923. The smallest absolute Gasteiger partial charge is 0.410 e. The third kappa shape index (κ3) is 3.67. The van der Waals surface area contributed by atoms with E-state index in [0.717, 1.165) is 29.0 Å². The molecule has 1 aromatic heterocycles. The normalized spacial score (nSPS) is 14.5. The standard InChI is InChI=1S/C19H23N3O2/c1-19(2,3)24-18(23)22(4)12-14-9-10-16(20-14)17-11-13-7-5-6-8-15(13)21-17/h5-9,11,21H,10,12H2,1-4H3. The average molecular weight is 325 g/mol. The summed E-state index contributed by atoms with van der Waals surface area (Å²) in [6.07, 6.45) is 2.49. The minimum atomic E-state index is -0.492. The zero-order chi connectivity index (χ0) is 17.3. The lowest BCUT2D eigenvalue weighted by Gasteiger charge is -2.24. The Labute approximate surface area is 142 Å². The maximum Gasteiger partial charge on any atom is 0.410 e. The molecule has 24 heavy (non-hydrogen) atoms. The molecule has 5 heteroatoms. The third-order valence-corrected chi connectivity index (χ3v) is 3.75. The van der Waals surface area contributed by atoms with Gasteiger partial charge in [0.25, 0.3) is 0 Å². The van der Waals surface area contributed by atoms with E-state index in [1.165, 1.54) is 5.39 Å². The summed E-state index contributed by atoms with van der Waals surface area (Å²) in [6, 6.07) is 10.3. The van der Waals surface area contributed by atoms with Crippen LogP contribution >= 0.6 is 0 Å². The minimum absolute atomic E-state index is 0.335. The number of aromatic amines is 1. The van der Waals surface area contributed by atoms with Crippen molar-refractivity contribution in [2.24, 2.45) is 4.99 Å². The van der Waals surface area contributed by atoms with E-state index in [0.29, 0.717) is 6.54 Å². The number of carbonyl (C=O) groups is 1. The van der Waals surface area contributed by atoms with Crippen molar-refractivity contribution in [1.29, 1.82) is 0 Å². The van der Waals surface area contributed by atoms with Crippen molar-refractivity contribution in [2.75, 3.05) is 13.6 Å². The number of fused-ring (bicyclic) bond motifs is 1. The number of hydrogen-bond donors (Lipinski definition) is 1. The molecule has 0 atom stereocenters. The average Bonchev–Trinajstić information content (AvgIpc) is 3.11. The maximum atomic E-state index is 12.0. The molecule has 0 saturated carbocycles. The summed E-state index contributed by atoms with van der Waals surface area (Å²) in [5, 5.41) is 1.18. The number of ether oxygens (including phenoxy) is 1. The highest BCUT2D eigenvalue weighted by atomic mass is 16.6. The van der Waals surface area contributed by atoms with E-state index in [1.54, 1.807) is 11.9 Å². The molecule has 0 fully saturated rings. The van der Waals surface area contributed by atoms with E-state index >= 15 is 0 Å². The summed E-state index contributed by atoms with van der Waals surface area (Å²) >= 11 is 0. The lowest BCUT2D eigenvalue weighted by atomic mass is 10.2. The summed E-state index contributed by atoms with van der Waals surface area (Å²) < 4.78 is 5.37. The molecule has 5 nitrogen and oxygen atoms in total. The van der Waals surface area contributed by atoms with Crippen LogP contribution in [-0.2, 0) is 4.74 Å². The fraction of sp³-hybridized carbons (Fsp3) is 0.368. The van der Waals surface area contributed by atoms with Crippen molar-refractivity contribution in [3.8, 4) is 0 Å². The zero-order valence-electron chi connectivity index (χ0n) is 14.6. The molecule has 2 aromatic rings. The number of H-pyrrole nitrogens is 1. The van der Waals surface area contributed by atoms with Gasteiger partial charge in [0.2, 0.25) is 0 Å². The van der Waals surface area contributed by atoms with E-state index in [1.807, 2.05) is 32.9 Å². The second-order valence-electron chi connectivity index (χ2n) is 7.06. The van der Waals surface area contributed by atoms with Gasteiger partial charge in [0.05, 0.1) is 23.6 Å². The molecule has 1 aliphatic heterocycles. The molecule has 2 heterocycles. The van der Waals surface area contributed by atoms with E-state index in [4.69, 9.17) is 4.74 Å². The van der Waals surface area contributed by atoms with Gasteiger partial charge >= 0.3 is 6.09 Å². The molecule has 1 amide bonds. The van der Waals surface area contributed by atoms with Gasteiger partial charge in [0.15, 0.2) is 0 Å². The van der Waals surface area contributed by atoms with Gasteiger partial charge in [0.1, 0.15) is 5.60 Å². The van der Waals surface area contributed by atoms with Crippen LogP contribution in [0.3, 0.4) is 0 Å². The molecule has 3 rings (SSSR count). The van der Waals surface area contributed by atoms with Crippen molar-refractivity contribution in [2.45, 2.75) is 32.8 Å². The van der Waals surface area contributed by atoms with Gasteiger partial charge < -0.3 is 14.6 Å². The van der Waals surface area contributed by atoms with Crippen molar-refractivity contribution < 1.29 is 9.53 Å². The van der Waals surface area contributed by atoms with Crippen LogP contribution in [0.1, 0.15) is 32.9 Å². The lowest BCUT2D eigenvalue weighted by molar-refractivity contribution is 0.0313. The minimum Gasteiger partial charge on any atom is -0.444 e. The first kappa shape index (κ1) is 16.3. The highest BCUT2D eigenvalue weighted by molar-refractivity contribution is 6.05. The number of aromatic nitrogens is 1. The molecular formula is C19H23N3O2. The number of amides is 1. The van der Waals surface area contributed by atoms with Gasteiger partial charge in [-0.2, -0.15) is 0 Å². The van der Waals surface area contributed by atoms with Crippen LogP contribution in [0.5, 0.6) is 0 Å². The van der Waals surface area contributed by atoms with Crippen LogP contribution in [0.4, 0.5) is 4.79 Å². The van der Waals surface area contributed by atoms with Gasteiger partial charge in [-0.3, -0.25) is 4.99 Å². The van der Waals surface area contributed by atoms with Crippen LogP contribution in [0.2, 0.25) is 0 Å². The number of likely N-dealkylation sites (N-methyl/N-ethyl adjacent to an activating group) is 1. The highest BCUT2D eigenvalue weighted by Crippen LogP contribution is 2.21. The van der Waals surface area contributed by atoms with Crippen molar-refractivity contribution in [1.82, 2.24) is 9.88 Å². The first-order chi connectivity index (χ1) is 11.3. The number of benzene rings is 1. The molecule has 0 saturated heterocycles. The first-order valence-corrected chi connectivity index (χ1v) is 8.11. The second kappa shape index (κ2) is 6.15. The molecule has 1 N–H and O–H groups in total. The Morgan fingerprint density at radius 3 is 2.79 bits per heavy atom. The summed E-state index contributed by atoms with van der Waals surface area (Å²) in [5.41, 5.74) is 3.53. The van der Waals surface area contributed by atoms with Gasteiger partial charge in [-0.25, -0.2) is 4.79 Å². The van der Waals surface area contributed by atoms with E-state index in [9.17, 15) is 4.79 Å². The number of carbonyl (C=O) groups excluding carboxylic acids is 1. The SMILES string of the molecule is CN(CC1=CCC(c2cc3ccccc3[nH]2)=N1)C(=O)OC(C)(C)C. The topological polar surface area (TPSA) is 57.7 Å². The lowest BCUT2D eigenvalue weighted by Crippen LogP contribution is -2.35. The highest BCUT2D eigenvalue weighted by Gasteiger charge is 2.21. The molecule has 0 aliphatic carbocycles. The molecule has 0 bridgehead atoms. The summed E-state index contributed by atoms with van der Waals surface area (Å²) in [4.78, 5) is 21.7. The molecule has 0 unspecified atom stereocenters. The predicted octanol–water partition coefficient (Wildman–Crippen LogP) is 4.11. The molecular weight excluding hydrogens is 302 g/mol. The van der Waals surface area contributed by atoms with E-state index in [2.05, 4.69) is 34.3 Å². The Bertz CT molecular complexity index is 791. The van der Waals surface area contributed by atoms with Crippen LogP contribution in [0.15, 0.2) is 47.1 Å². The van der Waals surface area contributed by atoms with Gasteiger partial charge in [0, 0.05) is 24.4 Å². The molecule has 1 aliphatic rings. The fourth-order valence-electron chi connectivity index (χ4n) is 2.63. The van der Waals surface area contributed by atoms with Gasteiger partial charge in [-0.1, -0.05) is 24.3 Å². The zero-order valence-corrected chi connectivity index (χ0v) is 14.6. The van der Waals surface area contributed by atoms with Crippen LogP contribution < -0.4 is 0 Å². The Morgan fingerprint density at radius 1 is 1.33 bits per heavy atom. The molecule has 0 spiro atoms. The summed E-state index contributed by atoms with van der Waals surface area (Å²) in [6.45, 7) is 6.03. The molecule has 1 aromatic carbocycles. The number of hydrogen-bond acceptors (Lipinski definition) is 3. The van der Waals surface area contributed by atoms with Crippen LogP contribution in [0.25, 0.3) is 10.9 Å². The first-order valence-electron chi connectivity index (χ1n) is 8.11. The van der Waals surface area contributed by atoms with Gasteiger partial charge in [-0.05, 0) is 32.9 Å². The number of rotatable bonds is 3. The number of aliphatic imine (C=N–C) groups is 1. The van der Waals surface area contributed by atoms with Crippen molar-refractivity contribution in [3.63, 3.8) is 0 Å².